The molecule has 0 heterocycles. The molecule has 1 aliphatic carbocycles. The minimum atomic E-state index is 0.0330. The van der Waals surface area contributed by atoms with Crippen molar-refractivity contribution in [2.45, 2.75) is 44.0 Å². The van der Waals surface area contributed by atoms with Gasteiger partial charge in [-0.15, -0.1) is 11.6 Å². The molecule has 1 saturated carbocycles. The second-order valence-corrected chi connectivity index (χ2v) is 5.80. The highest BCUT2D eigenvalue weighted by atomic mass is 35.5. The van der Waals surface area contributed by atoms with Crippen molar-refractivity contribution in [1.29, 1.82) is 0 Å². The molecule has 0 N–H and O–H groups in total. The summed E-state index contributed by atoms with van der Waals surface area (Å²) in [6, 6.07) is 7.45. The van der Waals surface area contributed by atoms with Gasteiger partial charge in [0.15, 0.2) is 0 Å². The molecular formula is C16H22ClNO2. The van der Waals surface area contributed by atoms with Crippen LogP contribution in [0.5, 0.6) is 5.75 Å². The Balaban J connectivity index is 2.05. The van der Waals surface area contributed by atoms with Crippen LogP contribution in [0, 0.1) is 0 Å². The maximum absolute atomic E-state index is 12.5. The first kappa shape index (κ1) is 15.2. The standard InChI is InChI=1S/C16H22ClNO2/c1-3-20-13-10-8-12(9-11-13)16(19)18(2)15-7-5-4-6-14(15)17/h8-11,14-15H,3-7H2,1-2H3. The highest BCUT2D eigenvalue weighted by molar-refractivity contribution is 6.21. The summed E-state index contributed by atoms with van der Waals surface area (Å²) in [6.45, 7) is 2.57. The van der Waals surface area contributed by atoms with Crippen LogP contribution in [0.25, 0.3) is 0 Å². The third-order valence-electron chi connectivity index (χ3n) is 3.88. The zero-order chi connectivity index (χ0) is 14.5. The molecule has 0 bridgehead atoms. The van der Waals surface area contributed by atoms with E-state index in [2.05, 4.69) is 0 Å². The Morgan fingerprint density at radius 3 is 2.55 bits per heavy atom. The zero-order valence-corrected chi connectivity index (χ0v) is 12.9. The lowest BCUT2D eigenvalue weighted by Gasteiger charge is -2.35. The maximum Gasteiger partial charge on any atom is 0.253 e. The van der Waals surface area contributed by atoms with E-state index in [0.717, 1.165) is 31.4 Å². The third-order valence-corrected chi connectivity index (χ3v) is 4.39. The van der Waals surface area contributed by atoms with Crippen molar-refractivity contribution in [2.75, 3.05) is 13.7 Å². The predicted molar refractivity (Wildman–Crippen MR) is 81.6 cm³/mol. The maximum atomic E-state index is 12.5. The molecule has 2 unspecified atom stereocenters. The number of alkyl halides is 1. The first-order valence-corrected chi connectivity index (χ1v) is 7.71. The number of carbonyl (C=O) groups is 1. The van der Waals surface area contributed by atoms with Crippen LogP contribution in [-0.4, -0.2) is 35.9 Å². The highest BCUT2D eigenvalue weighted by Crippen LogP contribution is 2.27. The van der Waals surface area contributed by atoms with Gasteiger partial charge in [-0.3, -0.25) is 4.79 Å². The van der Waals surface area contributed by atoms with Gasteiger partial charge in [0.25, 0.3) is 5.91 Å². The quantitative estimate of drug-likeness (QED) is 0.793. The molecule has 0 aliphatic heterocycles. The van der Waals surface area contributed by atoms with E-state index < -0.39 is 0 Å². The normalized spacial score (nSPS) is 22.4. The Hall–Kier alpha value is -1.22. The number of carbonyl (C=O) groups excluding carboxylic acids is 1. The fraction of sp³-hybridized carbons (Fsp3) is 0.562. The Morgan fingerprint density at radius 1 is 1.30 bits per heavy atom. The Bertz CT molecular complexity index is 446. The van der Waals surface area contributed by atoms with E-state index in [4.69, 9.17) is 16.3 Å². The number of hydrogen-bond acceptors (Lipinski definition) is 2. The molecule has 1 aliphatic rings. The van der Waals surface area contributed by atoms with E-state index in [1.165, 1.54) is 0 Å². The number of halogens is 1. The Morgan fingerprint density at radius 2 is 1.95 bits per heavy atom. The summed E-state index contributed by atoms with van der Waals surface area (Å²) >= 11 is 6.36. The third kappa shape index (κ3) is 3.45. The van der Waals surface area contributed by atoms with Crippen molar-refractivity contribution >= 4 is 17.5 Å². The van der Waals surface area contributed by atoms with Crippen LogP contribution in [-0.2, 0) is 0 Å². The van der Waals surface area contributed by atoms with E-state index in [1.807, 2.05) is 38.2 Å². The second kappa shape index (κ2) is 6.98. The summed E-state index contributed by atoms with van der Waals surface area (Å²) in [5, 5.41) is 0.0698. The molecule has 0 aromatic heterocycles. The van der Waals surface area contributed by atoms with Crippen molar-refractivity contribution < 1.29 is 9.53 Å². The first-order valence-electron chi connectivity index (χ1n) is 7.27. The summed E-state index contributed by atoms with van der Waals surface area (Å²) in [5.41, 5.74) is 0.686. The smallest absolute Gasteiger partial charge is 0.253 e. The summed E-state index contributed by atoms with van der Waals surface area (Å²) in [6.07, 6.45) is 4.30. The van der Waals surface area contributed by atoms with Crippen molar-refractivity contribution in [3.63, 3.8) is 0 Å². The topological polar surface area (TPSA) is 29.5 Å². The first-order chi connectivity index (χ1) is 9.63. The van der Waals surface area contributed by atoms with E-state index in [-0.39, 0.29) is 17.3 Å². The van der Waals surface area contributed by atoms with E-state index in [0.29, 0.717) is 12.2 Å². The van der Waals surface area contributed by atoms with E-state index in [1.54, 1.807) is 4.90 Å². The molecule has 1 fully saturated rings. The molecule has 20 heavy (non-hydrogen) atoms. The lowest BCUT2D eigenvalue weighted by molar-refractivity contribution is 0.0700. The van der Waals surface area contributed by atoms with Gasteiger partial charge < -0.3 is 9.64 Å². The van der Waals surface area contributed by atoms with Crippen LogP contribution in [0.15, 0.2) is 24.3 Å². The van der Waals surface area contributed by atoms with Crippen molar-refractivity contribution in [1.82, 2.24) is 4.90 Å². The van der Waals surface area contributed by atoms with Gasteiger partial charge in [0.2, 0.25) is 0 Å². The fourth-order valence-corrected chi connectivity index (χ4v) is 3.17. The Labute approximate surface area is 125 Å². The fourth-order valence-electron chi connectivity index (χ4n) is 2.72. The van der Waals surface area contributed by atoms with Crippen molar-refractivity contribution in [3.05, 3.63) is 29.8 Å². The second-order valence-electron chi connectivity index (χ2n) is 5.24. The molecule has 2 atom stereocenters. The van der Waals surface area contributed by atoms with Gasteiger partial charge in [0.1, 0.15) is 5.75 Å². The van der Waals surface area contributed by atoms with Crippen LogP contribution < -0.4 is 4.74 Å². The van der Waals surface area contributed by atoms with Crippen molar-refractivity contribution in [2.24, 2.45) is 0 Å². The van der Waals surface area contributed by atoms with Gasteiger partial charge in [0.05, 0.1) is 12.0 Å². The van der Waals surface area contributed by atoms with Gasteiger partial charge in [-0.25, -0.2) is 0 Å². The monoisotopic (exact) mass is 295 g/mol. The van der Waals surface area contributed by atoms with Gasteiger partial charge in [-0.1, -0.05) is 12.8 Å². The van der Waals surface area contributed by atoms with Crippen molar-refractivity contribution in [3.8, 4) is 5.75 Å². The molecule has 0 radical (unpaired) electrons. The molecule has 1 aromatic carbocycles. The largest absolute Gasteiger partial charge is 0.494 e. The lowest BCUT2D eigenvalue weighted by Crippen LogP contribution is -2.44. The number of benzene rings is 1. The van der Waals surface area contributed by atoms with Crippen LogP contribution in [0.4, 0.5) is 0 Å². The van der Waals surface area contributed by atoms with E-state index in [9.17, 15) is 4.79 Å². The average Bonchev–Trinajstić information content (AvgIpc) is 2.47. The molecule has 0 saturated heterocycles. The Kier molecular flexibility index (Phi) is 5.30. The molecule has 2 rings (SSSR count). The average molecular weight is 296 g/mol. The molecule has 1 amide bonds. The summed E-state index contributed by atoms with van der Waals surface area (Å²) < 4.78 is 5.39. The molecule has 110 valence electrons. The van der Waals surface area contributed by atoms with Crippen LogP contribution in [0.2, 0.25) is 0 Å². The van der Waals surface area contributed by atoms with Gasteiger partial charge in [-0.05, 0) is 44.0 Å². The minimum Gasteiger partial charge on any atom is -0.494 e. The number of nitrogens with zero attached hydrogens (tertiary/aromatic N) is 1. The van der Waals surface area contributed by atoms with Crippen LogP contribution in [0.3, 0.4) is 0 Å². The number of hydrogen-bond donors (Lipinski definition) is 0. The summed E-state index contributed by atoms with van der Waals surface area (Å²) in [7, 11) is 1.85. The predicted octanol–water partition coefficient (Wildman–Crippen LogP) is 3.71. The van der Waals surface area contributed by atoms with Gasteiger partial charge in [-0.2, -0.15) is 0 Å². The molecule has 4 heteroatoms. The molecule has 3 nitrogen and oxygen atoms in total. The summed E-state index contributed by atoms with van der Waals surface area (Å²) in [5.74, 6) is 0.824. The lowest BCUT2D eigenvalue weighted by atomic mass is 9.93. The molecular weight excluding hydrogens is 274 g/mol. The number of ether oxygens (including phenoxy) is 1. The van der Waals surface area contributed by atoms with Gasteiger partial charge >= 0.3 is 0 Å². The number of rotatable bonds is 4. The van der Waals surface area contributed by atoms with Crippen LogP contribution >= 0.6 is 11.6 Å². The molecule has 0 spiro atoms. The highest BCUT2D eigenvalue weighted by Gasteiger charge is 2.29. The SMILES string of the molecule is CCOc1ccc(C(=O)N(C)C2CCCCC2Cl)cc1. The zero-order valence-electron chi connectivity index (χ0n) is 12.1. The van der Waals surface area contributed by atoms with Gasteiger partial charge in [0, 0.05) is 18.7 Å². The van der Waals surface area contributed by atoms with E-state index >= 15 is 0 Å². The summed E-state index contributed by atoms with van der Waals surface area (Å²) in [4.78, 5) is 14.3. The molecule has 1 aromatic rings. The number of amides is 1. The van der Waals surface area contributed by atoms with Crippen LogP contribution in [0.1, 0.15) is 43.0 Å². The minimum absolute atomic E-state index is 0.0330.